The molecule has 0 radical (unpaired) electrons. The molecule has 0 aromatic heterocycles. The van der Waals surface area contributed by atoms with Crippen LogP contribution in [-0.2, 0) is 9.84 Å². The summed E-state index contributed by atoms with van der Waals surface area (Å²) >= 11 is 0. The van der Waals surface area contributed by atoms with Crippen LogP contribution in [0.1, 0.15) is 22.8 Å². The molecule has 0 fully saturated rings. The van der Waals surface area contributed by atoms with Gasteiger partial charge in [-0.15, -0.1) is 0 Å². The van der Waals surface area contributed by atoms with E-state index in [1.165, 1.54) is 54.6 Å². The van der Waals surface area contributed by atoms with E-state index in [4.69, 9.17) is 4.74 Å². The lowest BCUT2D eigenvalue weighted by molar-refractivity contribution is -0.0514. The van der Waals surface area contributed by atoms with Gasteiger partial charge in [0.25, 0.3) is 0 Å². The van der Waals surface area contributed by atoms with E-state index < -0.39 is 16.4 Å². The van der Waals surface area contributed by atoms with Gasteiger partial charge in [-0.3, -0.25) is 4.79 Å². The summed E-state index contributed by atoms with van der Waals surface area (Å²) in [6.45, 7) is -1.00. The van der Waals surface area contributed by atoms with Crippen LogP contribution in [0.4, 0.5) is 8.78 Å². The van der Waals surface area contributed by atoms with Crippen molar-refractivity contribution in [2.24, 2.45) is 0 Å². The molecule has 27 heavy (non-hydrogen) atoms. The summed E-state index contributed by atoms with van der Waals surface area (Å²) in [7, 11) is -3.33. The predicted molar refractivity (Wildman–Crippen MR) is 97.2 cm³/mol. The maximum absolute atomic E-state index is 12.4. The summed E-state index contributed by atoms with van der Waals surface area (Å²) in [4.78, 5) is 12.3. The van der Waals surface area contributed by atoms with Gasteiger partial charge in [0.1, 0.15) is 0 Å². The Morgan fingerprint density at radius 2 is 1.78 bits per heavy atom. The average molecular weight is 396 g/mol. The largest absolute Gasteiger partial charge is 0.490 e. The van der Waals surface area contributed by atoms with Crippen molar-refractivity contribution >= 4 is 21.7 Å². The first-order valence-corrected chi connectivity index (χ1v) is 9.84. The third-order valence-corrected chi connectivity index (χ3v) is 4.61. The van der Waals surface area contributed by atoms with Crippen LogP contribution in [0, 0.1) is 0 Å². The first-order chi connectivity index (χ1) is 12.7. The van der Waals surface area contributed by atoms with E-state index in [-0.39, 0.29) is 28.8 Å². The van der Waals surface area contributed by atoms with E-state index >= 15 is 0 Å². The number of hydrogen-bond donors (Lipinski definition) is 0. The second-order valence-corrected chi connectivity index (χ2v) is 7.53. The summed E-state index contributed by atoms with van der Waals surface area (Å²) < 4.78 is 57.4. The lowest BCUT2D eigenvalue weighted by atomic mass is 10.1. The number of carbonyl (C=O) groups is 1. The molecular formula is C19H18F2O5S. The number of alkyl halides is 2. The van der Waals surface area contributed by atoms with Crippen LogP contribution < -0.4 is 9.47 Å². The summed E-state index contributed by atoms with van der Waals surface area (Å²) in [5, 5.41) is 0. The fraction of sp³-hybridized carbons (Fsp3) is 0.211. The van der Waals surface area contributed by atoms with Crippen molar-refractivity contribution in [2.75, 3.05) is 12.9 Å². The molecule has 0 heterocycles. The van der Waals surface area contributed by atoms with E-state index in [1.54, 1.807) is 6.92 Å². The van der Waals surface area contributed by atoms with Crippen molar-refractivity contribution in [2.45, 2.75) is 18.4 Å². The molecule has 0 N–H and O–H groups in total. The molecule has 0 unspecified atom stereocenters. The minimum atomic E-state index is -3.33. The van der Waals surface area contributed by atoms with Gasteiger partial charge >= 0.3 is 6.61 Å². The Morgan fingerprint density at radius 3 is 2.33 bits per heavy atom. The molecule has 0 spiro atoms. The molecule has 0 saturated carbocycles. The van der Waals surface area contributed by atoms with E-state index in [2.05, 4.69) is 4.74 Å². The lowest BCUT2D eigenvalue weighted by Gasteiger charge is -2.11. The second-order valence-electron chi connectivity index (χ2n) is 5.51. The van der Waals surface area contributed by atoms with Gasteiger partial charge in [-0.25, -0.2) is 8.42 Å². The van der Waals surface area contributed by atoms with Gasteiger partial charge in [0, 0.05) is 11.8 Å². The van der Waals surface area contributed by atoms with Gasteiger partial charge in [0.2, 0.25) is 0 Å². The summed E-state index contributed by atoms with van der Waals surface area (Å²) in [5.74, 6) is -0.280. The molecule has 0 atom stereocenters. The van der Waals surface area contributed by atoms with Crippen LogP contribution in [0.25, 0.3) is 6.08 Å². The highest BCUT2D eigenvalue weighted by molar-refractivity contribution is 7.90. The lowest BCUT2D eigenvalue weighted by Crippen LogP contribution is -2.04. The van der Waals surface area contributed by atoms with E-state index in [0.717, 1.165) is 6.26 Å². The molecule has 0 bridgehead atoms. The molecule has 2 aromatic carbocycles. The highest BCUT2D eigenvalue weighted by atomic mass is 32.2. The number of halogens is 2. The minimum absolute atomic E-state index is 0.0910. The number of ether oxygens (including phenoxy) is 2. The highest BCUT2D eigenvalue weighted by Crippen LogP contribution is 2.30. The molecule has 0 saturated heterocycles. The van der Waals surface area contributed by atoms with Gasteiger partial charge in [-0.2, -0.15) is 8.78 Å². The van der Waals surface area contributed by atoms with Crippen LogP contribution in [0.3, 0.4) is 0 Å². The molecule has 144 valence electrons. The summed E-state index contributed by atoms with van der Waals surface area (Å²) in [5.41, 5.74) is 0.877. The van der Waals surface area contributed by atoms with Crippen LogP contribution in [-0.4, -0.2) is 33.7 Å². The molecule has 5 nitrogen and oxygen atoms in total. The zero-order valence-electron chi connectivity index (χ0n) is 14.7. The number of sulfone groups is 1. The summed E-state index contributed by atoms with van der Waals surface area (Å²) in [6, 6.07) is 9.90. The quantitative estimate of drug-likeness (QED) is 0.499. The van der Waals surface area contributed by atoms with Gasteiger partial charge in [0.15, 0.2) is 27.1 Å². The molecule has 2 aromatic rings. The van der Waals surface area contributed by atoms with E-state index in [0.29, 0.717) is 11.1 Å². The first-order valence-electron chi connectivity index (χ1n) is 7.95. The Balaban J connectivity index is 2.19. The Hall–Kier alpha value is -2.74. The monoisotopic (exact) mass is 396 g/mol. The van der Waals surface area contributed by atoms with Gasteiger partial charge in [-0.1, -0.05) is 12.1 Å². The molecule has 0 aliphatic heterocycles. The van der Waals surface area contributed by atoms with Crippen LogP contribution in [0.2, 0.25) is 0 Å². The Kier molecular flexibility index (Phi) is 6.68. The zero-order valence-corrected chi connectivity index (χ0v) is 15.5. The van der Waals surface area contributed by atoms with Crippen molar-refractivity contribution < 1.29 is 31.5 Å². The van der Waals surface area contributed by atoms with Gasteiger partial charge in [0.05, 0.1) is 11.5 Å². The fourth-order valence-electron chi connectivity index (χ4n) is 2.22. The smallest absolute Gasteiger partial charge is 0.387 e. The normalized spacial score (nSPS) is 11.7. The molecule has 0 aliphatic rings. The van der Waals surface area contributed by atoms with Crippen LogP contribution in [0.15, 0.2) is 53.4 Å². The van der Waals surface area contributed by atoms with Crippen molar-refractivity contribution in [3.63, 3.8) is 0 Å². The fourth-order valence-corrected chi connectivity index (χ4v) is 2.85. The first kappa shape index (κ1) is 20.6. The van der Waals surface area contributed by atoms with Crippen molar-refractivity contribution in [3.05, 3.63) is 59.7 Å². The Labute approximate surface area is 156 Å². The number of carbonyl (C=O) groups excluding carboxylic acids is 1. The average Bonchev–Trinajstić information content (AvgIpc) is 2.61. The molecule has 0 amide bonds. The maximum Gasteiger partial charge on any atom is 0.387 e. The van der Waals surface area contributed by atoms with Crippen LogP contribution in [0.5, 0.6) is 11.5 Å². The number of benzene rings is 2. The topological polar surface area (TPSA) is 69.7 Å². The van der Waals surface area contributed by atoms with Gasteiger partial charge < -0.3 is 9.47 Å². The number of hydrogen-bond acceptors (Lipinski definition) is 5. The van der Waals surface area contributed by atoms with E-state index in [9.17, 15) is 22.0 Å². The number of rotatable bonds is 8. The van der Waals surface area contributed by atoms with Gasteiger partial charge in [-0.05, 0) is 55.0 Å². The highest BCUT2D eigenvalue weighted by Gasteiger charge is 2.11. The summed E-state index contributed by atoms with van der Waals surface area (Å²) in [6.07, 6.45) is 3.89. The van der Waals surface area contributed by atoms with E-state index in [1.807, 2.05) is 0 Å². The van der Waals surface area contributed by atoms with Crippen molar-refractivity contribution in [1.29, 1.82) is 0 Å². The molecule has 0 aliphatic carbocycles. The van der Waals surface area contributed by atoms with Crippen molar-refractivity contribution in [1.82, 2.24) is 0 Å². The number of allylic oxidation sites excluding steroid dienone is 1. The molecule has 2 rings (SSSR count). The predicted octanol–water partition coefficient (Wildman–Crippen LogP) is 3.99. The Morgan fingerprint density at radius 1 is 1.11 bits per heavy atom. The van der Waals surface area contributed by atoms with Crippen molar-refractivity contribution in [3.8, 4) is 11.5 Å². The SMILES string of the molecule is CCOc1cc(/C=C/C(=O)c2ccc(S(C)(=O)=O)cc2)ccc1OC(F)F. The molecule has 8 heteroatoms. The minimum Gasteiger partial charge on any atom is -0.490 e. The second kappa shape index (κ2) is 8.77. The van der Waals surface area contributed by atoms with Crippen LogP contribution >= 0.6 is 0 Å². The Bertz CT molecular complexity index is 935. The third kappa shape index (κ3) is 5.89. The number of ketones is 1. The zero-order chi connectivity index (χ0) is 20.0. The molecular weight excluding hydrogens is 378 g/mol. The standard InChI is InChI=1S/C19H18F2O5S/c1-3-25-18-12-13(5-11-17(18)26-19(20)21)4-10-16(22)14-6-8-15(9-7-14)27(2,23)24/h4-12,19H,3H2,1-2H3/b10-4+. The third-order valence-electron chi connectivity index (χ3n) is 3.48. The maximum atomic E-state index is 12.4.